The fourth-order valence-electron chi connectivity index (χ4n) is 4.64. The zero-order chi connectivity index (χ0) is 22.4. The summed E-state index contributed by atoms with van der Waals surface area (Å²) in [6, 6.07) is 9.05. The Labute approximate surface area is 194 Å². The molecule has 1 fully saturated rings. The van der Waals surface area contributed by atoms with Gasteiger partial charge in [-0.05, 0) is 30.3 Å². The van der Waals surface area contributed by atoms with Crippen molar-refractivity contribution in [1.29, 1.82) is 0 Å². The number of nitrogens with zero attached hydrogens (tertiary/aromatic N) is 5. The number of hydrogen-bond donors (Lipinski definition) is 0. The van der Waals surface area contributed by atoms with Gasteiger partial charge < -0.3 is 13.9 Å². The van der Waals surface area contributed by atoms with Gasteiger partial charge in [-0.15, -0.1) is 11.3 Å². The Bertz CT molecular complexity index is 1450. The summed E-state index contributed by atoms with van der Waals surface area (Å²) < 4.78 is 23.9. The van der Waals surface area contributed by atoms with Crippen molar-refractivity contribution in [2.45, 2.75) is 6.54 Å². The Morgan fingerprint density at radius 2 is 1.94 bits per heavy atom. The van der Waals surface area contributed by atoms with E-state index in [-0.39, 0.29) is 5.82 Å². The molecule has 8 heteroatoms. The van der Waals surface area contributed by atoms with Gasteiger partial charge in [0.05, 0.1) is 18.9 Å². The van der Waals surface area contributed by atoms with E-state index in [1.54, 1.807) is 23.6 Å². The smallest absolute Gasteiger partial charge is 0.140 e. The Kier molecular flexibility index (Phi) is 5.21. The molecule has 0 aliphatic carbocycles. The summed E-state index contributed by atoms with van der Waals surface area (Å²) in [7, 11) is 2.00. The molecule has 5 aromatic rings. The summed E-state index contributed by atoms with van der Waals surface area (Å²) in [5, 5.41) is 4.95. The molecule has 0 saturated carbocycles. The molecule has 1 aliphatic heterocycles. The van der Waals surface area contributed by atoms with Crippen LogP contribution in [0.5, 0.6) is 0 Å². The lowest BCUT2D eigenvalue weighted by atomic mass is 10.1. The fraction of sp³-hybridized carbons (Fsp3) is 0.280. The van der Waals surface area contributed by atoms with Gasteiger partial charge in [0, 0.05) is 84.6 Å². The molecule has 6 rings (SSSR count). The minimum atomic E-state index is -0.230. The van der Waals surface area contributed by atoms with Crippen molar-refractivity contribution in [3.05, 3.63) is 60.1 Å². The predicted molar refractivity (Wildman–Crippen MR) is 130 cm³/mol. The van der Waals surface area contributed by atoms with E-state index in [9.17, 15) is 4.39 Å². The first-order valence-electron chi connectivity index (χ1n) is 11.1. The van der Waals surface area contributed by atoms with Crippen molar-refractivity contribution in [3.63, 3.8) is 0 Å². The maximum atomic E-state index is 14.2. The number of ether oxygens (including phenoxy) is 1. The van der Waals surface area contributed by atoms with Gasteiger partial charge in [0.15, 0.2) is 0 Å². The third-order valence-electron chi connectivity index (χ3n) is 6.35. The summed E-state index contributed by atoms with van der Waals surface area (Å²) in [4.78, 5) is 11.9. The number of thiazole rings is 1. The van der Waals surface area contributed by atoms with E-state index in [0.717, 1.165) is 83.2 Å². The normalized spacial score (nSPS) is 15.1. The summed E-state index contributed by atoms with van der Waals surface area (Å²) in [5.41, 5.74) is 4.92. The molecule has 0 bridgehead atoms. The highest BCUT2D eigenvalue weighted by Gasteiger charge is 2.18. The molecule has 5 heterocycles. The van der Waals surface area contributed by atoms with Gasteiger partial charge in [-0.3, -0.25) is 4.90 Å². The molecular weight excluding hydrogens is 437 g/mol. The highest BCUT2D eigenvalue weighted by Crippen LogP contribution is 2.37. The number of aromatic nitrogens is 4. The summed E-state index contributed by atoms with van der Waals surface area (Å²) in [6.45, 7) is 5.27. The zero-order valence-electron chi connectivity index (χ0n) is 18.4. The van der Waals surface area contributed by atoms with E-state index >= 15 is 0 Å². The Morgan fingerprint density at radius 3 is 2.82 bits per heavy atom. The van der Waals surface area contributed by atoms with Gasteiger partial charge in [0.25, 0.3) is 0 Å². The van der Waals surface area contributed by atoms with Gasteiger partial charge in [-0.2, -0.15) is 0 Å². The quantitative estimate of drug-likeness (QED) is 0.378. The van der Waals surface area contributed by atoms with Crippen LogP contribution in [0.1, 0.15) is 0 Å². The van der Waals surface area contributed by atoms with Crippen LogP contribution >= 0.6 is 11.3 Å². The first kappa shape index (κ1) is 20.5. The number of aryl methyl sites for hydroxylation is 1. The topological polar surface area (TPSA) is 48.1 Å². The standard InChI is InChI=1S/C25H24FN5OS/c1-29-14-20(18-3-2-6-27-24(18)29)22-16-33-25(28-22)21-15-31(8-7-30-9-11-32-12-10-30)23-5-4-17(26)13-19(21)23/h2-6,13-16H,7-12H2,1H3. The van der Waals surface area contributed by atoms with Crippen molar-refractivity contribution in [3.8, 4) is 21.8 Å². The molecule has 0 radical (unpaired) electrons. The van der Waals surface area contributed by atoms with Crippen LogP contribution < -0.4 is 0 Å². The first-order valence-corrected chi connectivity index (χ1v) is 12.0. The van der Waals surface area contributed by atoms with Crippen molar-refractivity contribution in [1.82, 2.24) is 24.0 Å². The molecule has 6 nitrogen and oxygen atoms in total. The molecule has 0 amide bonds. The van der Waals surface area contributed by atoms with Crippen molar-refractivity contribution < 1.29 is 9.13 Å². The van der Waals surface area contributed by atoms with Crippen LogP contribution in [-0.2, 0) is 18.3 Å². The lowest BCUT2D eigenvalue weighted by Crippen LogP contribution is -2.38. The van der Waals surface area contributed by atoms with Crippen LogP contribution in [0, 0.1) is 5.82 Å². The predicted octanol–water partition coefficient (Wildman–Crippen LogP) is 4.79. The van der Waals surface area contributed by atoms with Crippen molar-refractivity contribution in [2.24, 2.45) is 7.05 Å². The second kappa shape index (κ2) is 8.37. The number of benzene rings is 1. The monoisotopic (exact) mass is 461 g/mol. The molecule has 1 aliphatic rings. The number of hydrogen-bond acceptors (Lipinski definition) is 5. The summed E-state index contributed by atoms with van der Waals surface area (Å²) >= 11 is 1.59. The fourth-order valence-corrected chi connectivity index (χ4v) is 5.48. The number of halogens is 1. The Balaban J connectivity index is 1.38. The maximum Gasteiger partial charge on any atom is 0.140 e. The van der Waals surface area contributed by atoms with E-state index < -0.39 is 0 Å². The number of rotatable bonds is 5. The number of morpholine rings is 1. The molecule has 0 spiro atoms. The van der Waals surface area contributed by atoms with Crippen LogP contribution in [0.25, 0.3) is 43.8 Å². The van der Waals surface area contributed by atoms with Gasteiger partial charge in [0.2, 0.25) is 0 Å². The van der Waals surface area contributed by atoms with E-state index in [0.29, 0.717) is 0 Å². The highest BCUT2D eigenvalue weighted by molar-refractivity contribution is 7.13. The number of pyridine rings is 1. The zero-order valence-corrected chi connectivity index (χ0v) is 19.2. The SMILES string of the molecule is Cn1cc(-c2csc(-c3cn(CCN4CCOCC4)c4ccc(F)cc34)n2)c2cccnc21. The van der Waals surface area contributed by atoms with Gasteiger partial charge in [-0.25, -0.2) is 14.4 Å². The van der Waals surface area contributed by atoms with Crippen molar-refractivity contribution in [2.75, 3.05) is 32.8 Å². The third kappa shape index (κ3) is 3.74. The Morgan fingerprint density at radius 1 is 1.06 bits per heavy atom. The van der Waals surface area contributed by atoms with Gasteiger partial charge >= 0.3 is 0 Å². The van der Waals surface area contributed by atoms with E-state index in [1.165, 1.54) is 6.07 Å². The van der Waals surface area contributed by atoms with Gasteiger partial charge in [0.1, 0.15) is 16.5 Å². The Hall–Kier alpha value is -3.07. The highest BCUT2D eigenvalue weighted by atomic mass is 32.1. The molecule has 1 aromatic carbocycles. The molecule has 33 heavy (non-hydrogen) atoms. The largest absolute Gasteiger partial charge is 0.379 e. The molecule has 168 valence electrons. The average Bonchev–Trinajstić information content (AvgIpc) is 3.54. The van der Waals surface area contributed by atoms with E-state index in [4.69, 9.17) is 9.72 Å². The molecule has 4 aromatic heterocycles. The first-order chi connectivity index (χ1) is 16.2. The molecule has 0 unspecified atom stereocenters. The van der Waals surface area contributed by atoms with Gasteiger partial charge in [-0.1, -0.05) is 0 Å². The maximum absolute atomic E-state index is 14.2. The molecule has 0 atom stereocenters. The second-order valence-corrected chi connectivity index (χ2v) is 9.28. The van der Waals surface area contributed by atoms with Crippen LogP contribution in [0.15, 0.2) is 54.3 Å². The van der Waals surface area contributed by atoms with E-state index in [2.05, 4.69) is 38.3 Å². The second-order valence-electron chi connectivity index (χ2n) is 8.42. The molecular formula is C25H24FN5OS. The lowest BCUT2D eigenvalue weighted by molar-refractivity contribution is 0.0365. The minimum absolute atomic E-state index is 0.230. The summed E-state index contributed by atoms with van der Waals surface area (Å²) in [6.07, 6.45) is 6.00. The lowest BCUT2D eigenvalue weighted by Gasteiger charge is -2.26. The van der Waals surface area contributed by atoms with Crippen molar-refractivity contribution >= 4 is 33.3 Å². The molecule has 1 saturated heterocycles. The van der Waals surface area contributed by atoms with E-state index in [1.807, 2.05) is 23.7 Å². The van der Waals surface area contributed by atoms with Crippen LogP contribution in [-0.4, -0.2) is 56.9 Å². The third-order valence-corrected chi connectivity index (χ3v) is 7.22. The minimum Gasteiger partial charge on any atom is -0.379 e. The van der Waals surface area contributed by atoms with Crippen LogP contribution in [0.3, 0.4) is 0 Å². The summed E-state index contributed by atoms with van der Waals surface area (Å²) in [5.74, 6) is -0.230. The van der Waals surface area contributed by atoms with Crippen LogP contribution in [0.2, 0.25) is 0 Å². The van der Waals surface area contributed by atoms with Crippen LogP contribution in [0.4, 0.5) is 4.39 Å². The number of fused-ring (bicyclic) bond motifs is 2. The average molecular weight is 462 g/mol. The molecule has 0 N–H and O–H groups in total.